The van der Waals surface area contributed by atoms with Crippen LogP contribution in [0.5, 0.6) is 0 Å². The summed E-state index contributed by atoms with van der Waals surface area (Å²) in [6.07, 6.45) is -0.0629. The van der Waals surface area contributed by atoms with Gasteiger partial charge in [0.15, 0.2) is 0 Å². The van der Waals surface area contributed by atoms with Crippen LogP contribution in [0.15, 0.2) is 18.2 Å². The van der Waals surface area contributed by atoms with Crippen molar-refractivity contribution in [1.29, 1.82) is 0 Å². The highest BCUT2D eigenvalue weighted by molar-refractivity contribution is 5.76. The largest absolute Gasteiger partial charge is 0.481 e. The molecule has 0 bridgehead atoms. The monoisotopic (exact) mass is 244 g/mol. The van der Waals surface area contributed by atoms with Gasteiger partial charge < -0.3 is 5.11 Å². The lowest BCUT2D eigenvalue weighted by Gasteiger charge is -2.06. The lowest BCUT2D eigenvalue weighted by molar-refractivity contribution is -0.136. The number of benzene rings is 1. The number of aliphatic carboxylic acids is 1. The zero-order valence-corrected chi connectivity index (χ0v) is 10.7. The third-order valence-corrected chi connectivity index (χ3v) is 3.14. The van der Waals surface area contributed by atoms with Crippen LogP contribution in [0.1, 0.15) is 22.5 Å². The van der Waals surface area contributed by atoms with E-state index < -0.39 is 5.97 Å². The maximum absolute atomic E-state index is 10.8. The topological polar surface area (TPSA) is 66.0 Å². The van der Waals surface area contributed by atoms with Gasteiger partial charge in [0.25, 0.3) is 0 Å². The summed E-state index contributed by atoms with van der Waals surface area (Å²) in [6.45, 7) is 6.01. The second kappa shape index (κ2) is 4.64. The average molecular weight is 244 g/mol. The summed E-state index contributed by atoms with van der Waals surface area (Å²) in [5.74, 6) is -0.869. The molecule has 0 aliphatic rings. The molecule has 4 nitrogen and oxygen atoms in total. The number of aromatic nitrogens is 2. The Bertz CT molecular complexity index is 600. The molecule has 2 rings (SSSR count). The van der Waals surface area contributed by atoms with E-state index in [1.165, 1.54) is 11.1 Å². The lowest BCUT2D eigenvalue weighted by Crippen LogP contribution is -2.02. The van der Waals surface area contributed by atoms with Crippen molar-refractivity contribution in [2.24, 2.45) is 0 Å². The smallest absolute Gasteiger partial charge is 0.309 e. The number of carboxylic acids is 1. The van der Waals surface area contributed by atoms with Crippen molar-refractivity contribution in [3.8, 4) is 11.1 Å². The number of aromatic amines is 1. The molecule has 18 heavy (non-hydrogen) atoms. The molecule has 0 atom stereocenters. The highest BCUT2D eigenvalue weighted by Crippen LogP contribution is 2.27. The quantitative estimate of drug-likeness (QED) is 0.872. The standard InChI is InChI=1S/C14H16N2O2/c1-8-4-5-11(6-9(8)2)14-10(3)15-16-12(14)7-13(17)18/h4-6H,7H2,1-3H3,(H,15,16)(H,17,18). The second-order valence-corrected chi connectivity index (χ2v) is 4.54. The summed E-state index contributed by atoms with van der Waals surface area (Å²) in [5.41, 5.74) is 5.81. The highest BCUT2D eigenvalue weighted by atomic mass is 16.4. The number of H-pyrrole nitrogens is 1. The summed E-state index contributed by atoms with van der Waals surface area (Å²) >= 11 is 0. The molecule has 1 aromatic carbocycles. The van der Waals surface area contributed by atoms with Gasteiger partial charge in [-0.1, -0.05) is 18.2 Å². The Morgan fingerprint density at radius 1 is 1.28 bits per heavy atom. The maximum Gasteiger partial charge on any atom is 0.309 e. The lowest BCUT2D eigenvalue weighted by atomic mass is 9.98. The van der Waals surface area contributed by atoms with Gasteiger partial charge in [-0.25, -0.2) is 0 Å². The number of hydrogen-bond acceptors (Lipinski definition) is 2. The second-order valence-electron chi connectivity index (χ2n) is 4.54. The average Bonchev–Trinajstić information content (AvgIpc) is 2.63. The van der Waals surface area contributed by atoms with Gasteiger partial charge in [0.2, 0.25) is 0 Å². The van der Waals surface area contributed by atoms with Gasteiger partial charge in [0.05, 0.1) is 12.1 Å². The number of nitrogens with one attached hydrogen (secondary N) is 1. The molecule has 2 N–H and O–H groups in total. The van der Waals surface area contributed by atoms with Crippen LogP contribution in [-0.4, -0.2) is 21.3 Å². The number of aryl methyl sites for hydroxylation is 3. The number of carbonyl (C=O) groups is 1. The third-order valence-electron chi connectivity index (χ3n) is 3.14. The molecule has 2 aromatic rings. The van der Waals surface area contributed by atoms with E-state index in [0.29, 0.717) is 5.69 Å². The number of hydrogen-bond donors (Lipinski definition) is 2. The third kappa shape index (κ3) is 2.27. The molecule has 0 aliphatic heterocycles. The van der Waals surface area contributed by atoms with Gasteiger partial charge in [-0.3, -0.25) is 9.89 Å². The highest BCUT2D eigenvalue weighted by Gasteiger charge is 2.15. The Kier molecular flexibility index (Phi) is 3.19. The van der Waals surface area contributed by atoms with Crippen molar-refractivity contribution in [2.45, 2.75) is 27.2 Å². The first-order chi connectivity index (χ1) is 8.49. The van der Waals surface area contributed by atoms with Gasteiger partial charge in [0.1, 0.15) is 0 Å². The Labute approximate surface area is 106 Å². The molecular formula is C14H16N2O2. The van der Waals surface area contributed by atoms with E-state index in [-0.39, 0.29) is 6.42 Å². The van der Waals surface area contributed by atoms with Gasteiger partial charge in [-0.2, -0.15) is 5.10 Å². The van der Waals surface area contributed by atoms with Crippen molar-refractivity contribution in [2.75, 3.05) is 0 Å². The number of carboxylic acid groups (broad SMARTS) is 1. The fourth-order valence-corrected chi connectivity index (χ4v) is 2.03. The molecule has 0 saturated heterocycles. The first kappa shape index (κ1) is 12.4. The molecule has 94 valence electrons. The first-order valence-corrected chi connectivity index (χ1v) is 5.82. The molecule has 0 spiro atoms. The molecule has 0 unspecified atom stereocenters. The van der Waals surface area contributed by atoms with Crippen LogP contribution in [0.25, 0.3) is 11.1 Å². The van der Waals surface area contributed by atoms with E-state index in [9.17, 15) is 4.79 Å². The molecule has 0 radical (unpaired) electrons. The first-order valence-electron chi connectivity index (χ1n) is 5.82. The summed E-state index contributed by atoms with van der Waals surface area (Å²) in [4.78, 5) is 10.8. The van der Waals surface area contributed by atoms with E-state index in [1.807, 2.05) is 26.0 Å². The summed E-state index contributed by atoms with van der Waals surface area (Å²) in [7, 11) is 0. The van der Waals surface area contributed by atoms with Crippen molar-refractivity contribution in [1.82, 2.24) is 10.2 Å². The summed E-state index contributed by atoms with van der Waals surface area (Å²) < 4.78 is 0. The molecule has 0 fully saturated rings. The predicted molar refractivity (Wildman–Crippen MR) is 69.6 cm³/mol. The molecule has 1 heterocycles. The SMILES string of the molecule is Cc1ccc(-c2c(CC(=O)O)n[nH]c2C)cc1C. The molecule has 0 amide bonds. The van der Waals surface area contributed by atoms with Crippen LogP contribution in [0, 0.1) is 20.8 Å². The van der Waals surface area contributed by atoms with Crippen LogP contribution in [0.4, 0.5) is 0 Å². The molecule has 1 aromatic heterocycles. The van der Waals surface area contributed by atoms with Crippen LogP contribution in [0.2, 0.25) is 0 Å². The summed E-state index contributed by atoms with van der Waals surface area (Å²) in [5, 5.41) is 15.8. The predicted octanol–water partition coefficient (Wildman–Crippen LogP) is 2.63. The fourth-order valence-electron chi connectivity index (χ4n) is 2.03. The molecule has 4 heteroatoms. The van der Waals surface area contributed by atoms with Crippen molar-refractivity contribution in [3.05, 3.63) is 40.7 Å². The Morgan fingerprint density at radius 3 is 2.61 bits per heavy atom. The van der Waals surface area contributed by atoms with Crippen molar-refractivity contribution >= 4 is 5.97 Å². The van der Waals surface area contributed by atoms with Gasteiger partial charge in [0, 0.05) is 11.3 Å². The van der Waals surface area contributed by atoms with E-state index in [0.717, 1.165) is 16.8 Å². The fraction of sp³-hybridized carbons (Fsp3) is 0.286. The van der Waals surface area contributed by atoms with E-state index in [4.69, 9.17) is 5.11 Å². The molecule has 0 aliphatic carbocycles. The van der Waals surface area contributed by atoms with Gasteiger partial charge in [-0.15, -0.1) is 0 Å². The zero-order chi connectivity index (χ0) is 13.3. The van der Waals surface area contributed by atoms with E-state index in [2.05, 4.69) is 23.2 Å². The van der Waals surface area contributed by atoms with Crippen LogP contribution >= 0.6 is 0 Å². The summed E-state index contributed by atoms with van der Waals surface area (Å²) in [6, 6.07) is 6.12. The zero-order valence-electron chi connectivity index (χ0n) is 10.7. The normalized spacial score (nSPS) is 10.6. The van der Waals surface area contributed by atoms with Crippen LogP contribution in [0.3, 0.4) is 0 Å². The Morgan fingerprint density at radius 2 is 2.00 bits per heavy atom. The van der Waals surface area contributed by atoms with Gasteiger partial charge >= 0.3 is 5.97 Å². The molecule has 0 saturated carbocycles. The Hall–Kier alpha value is -2.10. The molecular weight excluding hydrogens is 228 g/mol. The maximum atomic E-state index is 10.8. The minimum atomic E-state index is -0.869. The Balaban J connectivity index is 2.52. The minimum absolute atomic E-state index is 0.0629. The number of rotatable bonds is 3. The van der Waals surface area contributed by atoms with Crippen molar-refractivity contribution in [3.63, 3.8) is 0 Å². The van der Waals surface area contributed by atoms with E-state index >= 15 is 0 Å². The van der Waals surface area contributed by atoms with Gasteiger partial charge in [-0.05, 0) is 37.5 Å². The van der Waals surface area contributed by atoms with E-state index in [1.54, 1.807) is 0 Å². The van der Waals surface area contributed by atoms with Crippen LogP contribution in [-0.2, 0) is 11.2 Å². The van der Waals surface area contributed by atoms with Crippen molar-refractivity contribution < 1.29 is 9.90 Å². The van der Waals surface area contributed by atoms with Crippen LogP contribution < -0.4 is 0 Å². The number of nitrogens with zero attached hydrogens (tertiary/aromatic N) is 1. The minimum Gasteiger partial charge on any atom is -0.481 e.